The van der Waals surface area contributed by atoms with Crippen molar-refractivity contribution >= 4 is 28.1 Å². The molecule has 0 N–H and O–H groups in total. The number of halogens is 4. The van der Waals surface area contributed by atoms with Gasteiger partial charge in [0.1, 0.15) is 0 Å². The maximum atomic E-state index is 12.4. The van der Waals surface area contributed by atoms with Crippen LogP contribution in [0.1, 0.15) is 5.01 Å². The van der Waals surface area contributed by atoms with Crippen molar-refractivity contribution in [1.82, 2.24) is 15.1 Å². The minimum absolute atomic E-state index is 0.341. The fraction of sp³-hybridized carbons (Fsp3) is 0.778. The van der Waals surface area contributed by atoms with Crippen molar-refractivity contribution in [3.05, 3.63) is 5.01 Å². The highest BCUT2D eigenvalue weighted by molar-refractivity contribution is 7.15. The molecule has 2 heterocycles. The number of hydrogen-bond donors (Lipinski definition) is 0. The number of anilines is 1. The Kier molecular flexibility index (Phi) is 4.29. The molecule has 0 bridgehead atoms. The van der Waals surface area contributed by atoms with Gasteiger partial charge in [-0.25, -0.2) is 0 Å². The monoisotopic (exact) mass is 300 g/mol. The van der Waals surface area contributed by atoms with Gasteiger partial charge in [-0.1, -0.05) is 11.3 Å². The third-order valence-electron chi connectivity index (χ3n) is 2.70. The number of piperazine rings is 1. The van der Waals surface area contributed by atoms with E-state index in [0.717, 1.165) is 19.6 Å². The Morgan fingerprint density at radius 1 is 1.17 bits per heavy atom. The standard InChI is InChI=1S/C9H12ClF3N4S/c10-1-2-16-3-5-17(6-4-16)8-15-14-7(18-8)9(11,12)13/h1-6H2. The Morgan fingerprint density at radius 3 is 2.33 bits per heavy atom. The molecule has 18 heavy (non-hydrogen) atoms. The number of rotatable bonds is 3. The Bertz CT molecular complexity index is 389. The quantitative estimate of drug-likeness (QED) is 0.798. The molecule has 1 saturated heterocycles. The van der Waals surface area contributed by atoms with Gasteiger partial charge >= 0.3 is 6.18 Å². The Hall–Kier alpha value is -0.600. The number of alkyl halides is 4. The Labute approximate surface area is 111 Å². The normalized spacial score (nSPS) is 18.3. The van der Waals surface area contributed by atoms with Gasteiger partial charge < -0.3 is 4.90 Å². The summed E-state index contributed by atoms with van der Waals surface area (Å²) >= 11 is 6.24. The van der Waals surface area contributed by atoms with E-state index in [2.05, 4.69) is 15.1 Å². The minimum Gasteiger partial charge on any atom is -0.344 e. The van der Waals surface area contributed by atoms with E-state index in [1.165, 1.54) is 0 Å². The first kappa shape index (κ1) is 13.8. The van der Waals surface area contributed by atoms with Crippen LogP contribution in [0.4, 0.5) is 18.3 Å². The van der Waals surface area contributed by atoms with E-state index in [1.807, 2.05) is 4.90 Å². The smallest absolute Gasteiger partial charge is 0.344 e. The van der Waals surface area contributed by atoms with Crippen LogP contribution < -0.4 is 4.90 Å². The van der Waals surface area contributed by atoms with Crippen molar-refractivity contribution in [2.45, 2.75) is 6.18 Å². The molecule has 1 aliphatic heterocycles. The summed E-state index contributed by atoms with van der Waals surface area (Å²) in [5.74, 6) is 0.566. The summed E-state index contributed by atoms with van der Waals surface area (Å²) < 4.78 is 37.2. The molecule has 0 amide bonds. The van der Waals surface area contributed by atoms with Crippen LogP contribution in [0.5, 0.6) is 0 Å². The highest BCUT2D eigenvalue weighted by atomic mass is 35.5. The van der Waals surface area contributed by atoms with Crippen LogP contribution in [-0.2, 0) is 6.18 Å². The first-order valence-corrected chi connectivity index (χ1v) is 6.80. The van der Waals surface area contributed by atoms with E-state index < -0.39 is 11.2 Å². The molecule has 1 fully saturated rings. The molecule has 1 aromatic heterocycles. The second-order valence-electron chi connectivity index (χ2n) is 3.91. The molecule has 1 aromatic rings. The second-order valence-corrected chi connectivity index (χ2v) is 5.24. The first-order chi connectivity index (χ1) is 8.50. The molecule has 0 saturated carbocycles. The third-order valence-corrected chi connectivity index (χ3v) is 3.90. The summed E-state index contributed by atoms with van der Waals surface area (Å²) in [6.45, 7) is 3.69. The van der Waals surface area contributed by atoms with Crippen LogP contribution in [0.25, 0.3) is 0 Å². The molecule has 1 aliphatic rings. The molecule has 0 atom stereocenters. The molecule has 102 valence electrons. The van der Waals surface area contributed by atoms with Gasteiger partial charge in [-0.3, -0.25) is 4.90 Å². The number of nitrogens with zero attached hydrogens (tertiary/aromatic N) is 4. The van der Waals surface area contributed by atoms with Gasteiger partial charge in [0.25, 0.3) is 0 Å². The maximum absolute atomic E-state index is 12.4. The average molecular weight is 301 g/mol. The largest absolute Gasteiger partial charge is 0.445 e. The van der Waals surface area contributed by atoms with Crippen LogP contribution in [0.3, 0.4) is 0 Å². The average Bonchev–Trinajstić information content (AvgIpc) is 2.79. The summed E-state index contributed by atoms with van der Waals surface area (Å²) in [6.07, 6.45) is -4.41. The van der Waals surface area contributed by atoms with E-state index in [-0.39, 0.29) is 0 Å². The molecule has 0 aromatic carbocycles. The van der Waals surface area contributed by atoms with E-state index >= 15 is 0 Å². The van der Waals surface area contributed by atoms with E-state index in [4.69, 9.17) is 11.6 Å². The summed E-state index contributed by atoms with van der Waals surface area (Å²) in [5.41, 5.74) is 0. The van der Waals surface area contributed by atoms with Crippen molar-refractivity contribution in [2.24, 2.45) is 0 Å². The topological polar surface area (TPSA) is 32.3 Å². The molecule has 4 nitrogen and oxygen atoms in total. The Morgan fingerprint density at radius 2 is 1.83 bits per heavy atom. The Balaban J connectivity index is 1.95. The lowest BCUT2D eigenvalue weighted by molar-refractivity contribution is -0.138. The zero-order valence-electron chi connectivity index (χ0n) is 9.45. The van der Waals surface area contributed by atoms with Gasteiger partial charge in [-0.15, -0.1) is 21.8 Å². The van der Waals surface area contributed by atoms with Gasteiger partial charge in [-0.05, 0) is 0 Å². The van der Waals surface area contributed by atoms with Crippen LogP contribution >= 0.6 is 22.9 Å². The fourth-order valence-corrected chi connectivity index (χ4v) is 2.74. The lowest BCUT2D eigenvalue weighted by atomic mass is 10.3. The predicted octanol–water partition coefficient (Wildman–Crippen LogP) is 1.92. The summed E-state index contributed by atoms with van der Waals surface area (Å²) in [5, 5.41) is 6.24. The molecule has 9 heteroatoms. The van der Waals surface area contributed by atoms with Crippen molar-refractivity contribution in [3.8, 4) is 0 Å². The summed E-state index contributed by atoms with van der Waals surface area (Å²) in [7, 11) is 0. The van der Waals surface area contributed by atoms with Crippen molar-refractivity contribution in [3.63, 3.8) is 0 Å². The van der Waals surface area contributed by atoms with E-state index in [1.54, 1.807) is 0 Å². The third kappa shape index (κ3) is 3.24. The van der Waals surface area contributed by atoms with Crippen LogP contribution in [0, 0.1) is 0 Å². The highest BCUT2D eigenvalue weighted by Crippen LogP contribution is 2.34. The molecular weight excluding hydrogens is 289 g/mol. The van der Waals surface area contributed by atoms with Crippen LogP contribution in [-0.4, -0.2) is 53.7 Å². The van der Waals surface area contributed by atoms with Gasteiger partial charge in [-0.2, -0.15) is 13.2 Å². The van der Waals surface area contributed by atoms with Crippen LogP contribution in [0.2, 0.25) is 0 Å². The van der Waals surface area contributed by atoms with Crippen molar-refractivity contribution < 1.29 is 13.2 Å². The zero-order chi connectivity index (χ0) is 13.2. The van der Waals surface area contributed by atoms with E-state index in [0.29, 0.717) is 35.4 Å². The number of aromatic nitrogens is 2. The number of hydrogen-bond acceptors (Lipinski definition) is 5. The highest BCUT2D eigenvalue weighted by Gasteiger charge is 2.36. The summed E-state index contributed by atoms with van der Waals surface area (Å²) in [4.78, 5) is 4.01. The molecule has 0 unspecified atom stereocenters. The zero-order valence-corrected chi connectivity index (χ0v) is 11.0. The SMILES string of the molecule is FC(F)(F)c1nnc(N2CCN(CCCl)CC2)s1. The van der Waals surface area contributed by atoms with Crippen molar-refractivity contribution in [2.75, 3.05) is 43.5 Å². The van der Waals surface area contributed by atoms with E-state index in [9.17, 15) is 13.2 Å². The minimum atomic E-state index is -4.41. The van der Waals surface area contributed by atoms with Crippen molar-refractivity contribution in [1.29, 1.82) is 0 Å². The molecule has 0 spiro atoms. The lowest BCUT2D eigenvalue weighted by Gasteiger charge is -2.33. The lowest BCUT2D eigenvalue weighted by Crippen LogP contribution is -2.46. The van der Waals surface area contributed by atoms with Gasteiger partial charge in [0, 0.05) is 38.6 Å². The van der Waals surface area contributed by atoms with Gasteiger partial charge in [0.2, 0.25) is 10.1 Å². The van der Waals surface area contributed by atoms with Crippen LogP contribution in [0.15, 0.2) is 0 Å². The molecule has 0 aliphatic carbocycles. The van der Waals surface area contributed by atoms with Gasteiger partial charge in [0.05, 0.1) is 0 Å². The molecule has 0 radical (unpaired) electrons. The summed E-state index contributed by atoms with van der Waals surface area (Å²) in [6, 6.07) is 0. The first-order valence-electron chi connectivity index (χ1n) is 5.44. The van der Waals surface area contributed by atoms with Gasteiger partial charge in [0.15, 0.2) is 0 Å². The molecule has 2 rings (SSSR count). The predicted molar refractivity (Wildman–Crippen MR) is 64.3 cm³/mol. The second kappa shape index (κ2) is 5.58. The molecular formula is C9H12ClF3N4S. The fourth-order valence-electron chi connectivity index (χ4n) is 1.74. The maximum Gasteiger partial charge on any atom is 0.445 e.